The average Bonchev–Trinajstić information content (AvgIpc) is 3.27. The Kier molecular flexibility index (Phi) is 7.31. The molecule has 3 heterocycles. The highest BCUT2D eigenvalue weighted by molar-refractivity contribution is 7.93. The van der Waals surface area contributed by atoms with Gasteiger partial charge in [-0.25, -0.2) is 22.8 Å². The van der Waals surface area contributed by atoms with E-state index in [1.807, 2.05) is 0 Å². The molecule has 0 bridgehead atoms. The van der Waals surface area contributed by atoms with Gasteiger partial charge in [0.05, 0.1) is 36.9 Å². The van der Waals surface area contributed by atoms with Crippen molar-refractivity contribution >= 4 is 27.6 Å². The zero-order chi connectivity index (χ0) is 25.9. The SMILES string of the molecule is COc1cccc(OC)c1-n1c(NS(=O)(=O)C(C)Cc2ncc(F)cn2)nnc1-c1cncc(Cl)c1. The van der Waals surface area contributed by atoms with Crippen LogP contribution in [0.4, 0.5) is 10.3 Å². The number of nitrogens with one attached hydrogen (secondary N) is 1. The van der Waals surface area contributed by atoms with Gasteiger partial charge in [-0.05, 0) is 25.1 Å². The molecule has 1 N–H and O–H groups in total. The van der Waals surface area contributed by atoms with Crippen molar-refractivity contribution in [2.45, 2.75) is 18.6 Å². The third-order valence-corrected chi connectivity index (χ3v) is 7.06. The number of hydrogen-bond acceptors (Lipinski definition) is 9. The van der Waals surface area contributed by atoms with Crippen LogP contribution in [-0.4, -0.2) is 57.6 Å². The van der Waals surface area contributed by atoms with E-state index in [-0.39, 0.29) is 24.0 Å². The lowest BCUT2D eigenvalue weighted by atomic mass is 10.2. The minimum Gasteiger partial charge on any atom is -0.494 e. The van der Waals surface area contributed by atoms with E-state index in [2.05, 4.69) is 29.9 Å². The average molecular weight is 534 g/mol. The molecule has 1 atom stereocenters. The normalized spacial score (nSPS) is 12.2. The maximum atomic E-state index is 13.2. The molecular weight excluding hydrogens is 513 g/mol. The molecule has 0 aliphatic heterocycles. The first kappa shape index (κ1) is 25.3. The summed E-state index contributed by atoms with van der Waals surface area (Å²) in [6, 6.07) is 6.71. The molecule has 0 fully saturated rings. The lowest BCUT2D eigenvalue weighted by Gasteiger charge is -2.19. The number of benzene rings is 1. The molecule has 0 aliphatic carbocycles. The minimum absolute atomic E-state index is 0.0627. The molecule has 0 saturated heterocycles. The molecule has 0 aliphatic rings. The molecular formula is C22H21ClFN7O4S. The second kappa shape index (κ2) is 10.4. The van der Waals surface area contributed by atoms with E-state index in [1.54, 1.807) is 24.3 Å². The number of aromatic nitrogens is 6. The number of rotatable bonds is 9. The number of halogens is 2. The van der Waals surface area contributed by atoms with Crippen LogP contribution in [0.2, 0.25) is 5.02 Å². The van der Waals surface area contributed by atoms with Crippen LogP contribution in [-0.2, 0) is 16.4 Å². The molecule has 4 rings (SSSR count). The number of pyridine rings is 1. The summed E-state index contributed by atoms with van der Waals surface area (Å²) >= 11 is 6.14. The van der Waals surface area contributed by atoms with Gasteiger partial charge >= 0.3 is 0 Å². The maximum Gasteiger partial charge on any atom is 0.243 e. The van der Waals surface area contributed by atoms with Crippen molar-refractivity contribution in [2.75, 3.05) is 18.9 Å². The number of ether oxygens (including phenoxy) is 2. The summed E-state index contributed by atoms with van der Waals surface area (Å²) in [6.07, 6.45) is 4.86. The summed E-state index contributed by atoms with van der Waals surface area (Å²) in [5.41, 5.74) is 0.830. The van der Waals surface area contributed by atoms with Gasteiger partial charge in [0, 0.05) is 24.4 Å². The lowest BCUT2D eigenvalue weighted by molar-refractivity contribution is 0.391. The third kappa shape index (κ3) is 5.21. The van der Waals surface area contributed by atoms with Crippen molar-refractivity contribution in [3.8, 4) is 28.6 Å². The fraction of sp³-hybridized carbons (Fsp3) is 0.227. The van der Waals surface area contributed by atoms with Crippen LogP contribution in [0.25, 0.3) is 17.1 Å². The quantitative estimate of drug-likeness (QED) is 0.344. The van der Waals surface area contributed by atoms with E-state index in [1.165, 1.54) is 38.1 Å². The van der Waals surface area contributed by atoms with Crippen LogP contribution >= 0.6 is 11.6 Å². The number of para-hydroxylation sites is 1. The van der Waals surface area contributed by atoms with Crippen LogP contribution in [0.15, 0.2) is 49.1 Å². The fourth-order valence-corrected chi connectivity index (χ4v) is 4.50. The molecule has 0 spiro atoms. The molecule has 11 nitrogen and oxygen atoms in total. The number of anilines is 1. The van der Waals surface area contributed by atoms with Crippen molar-refractivity contribution in [2.24, 2.45) is 0 Å². The largest absolute Gasteiger partial charge is 0.494 e. The van der Waals surface area contributed by atoms with E-state index >= 15 is 0 Å². The van der Waals surface area contributed by atoms with Gasteiger partial charge in [-0.3, -0.25) is 14.3 Å². The third-order valence-electron chi connectivity index (χ3n) is 5.16. The van der Waals surface area contributed by atoms with Gasteiger partial charge in [0.2, 0.25) is 16.0 Å². The minimum atomic E-state index is -4.04. The Balaban J connectivity index is 1.81. The molecule has 0 amide bonds. The van der Waals surface area contributed by atoms with Gasteiger partial charge in [-0.1, -0.05) is 17.7 Å². The van der Waals surface area contributed by atoms with Crippen LogP contribution in [0.3, 0.4) is 0 Å². The molecule has 4 aromatic rings. The van der Waals surface area contributed by atoms with Crippen molar-refractivity contribution in [3.63, 3.8) is 0 Å². The first-order valence-electron chi connectivity index (χ1n) is 10.5. The summed E-state index contributed by atoms with van der Waals surface area (Å²) < 4.78 is 54.6. The highest BCUT2D eigenvalue weighted by atomic mass is 35.5. The van der Waals surface area contributed by atoms with Gasteiger partial charge in [0.15, 0.2) is 11.6 Å². The van der Waals surface area contributed by atoms with E-state index in [9.17, 15) is 12.8 Å². The van der Waals surface area contributed by atoms with Crippen molar-refractivity contribution in [1.82, 2.24) is 29.7 Å². The van der Waals surface area contributed by atoms with Crippen molar-refractivity contribution in [1.29, 1.82) is 0 Å². The zero-order valence-electron chi connectivity index (χ0n) is 19.4. The number of hydrogen-bond donors (Lipinski definition) is 1. The summed E-state index contributed by atoms with van der Waals surface area (Å²) in [5.74, 6) is 0.416. The van der Waals surface area contributed by atoms with Gasteiger partial charge in [0.1, 0.15) is 23.0 Å². The molecule has 0 radical (unpaired) electrons. The van der Waals surface area contributed by atoms with Gasteiger partial charge in [0.25, 0.3) is 0 Å². The summed E-state index contributed by atoms with van der Waals surface area (Å²) in [7, 11) is -1.10. The molecule has 3 aromatic heterocycles. The first-order chi connectivity index (χ1) is 17.2. The molecule has 14 heteroatoms. The predicted octanol–water partition coefficient (Wildman–Crippen LogP) is 3.30. The second-order valence-corrected chi connectivity index (χ2v) is 10.1. The molecule has 188 valence electrons. The second-order valence-electron chi connectivity index (χ2n) is 7.56. The Morgan fingerprint density at radius 3 is 2.36 bits per heavy atom. The molecule has 36 heavy (non-hydrogen) atoms. The Bertz CT molecular complexity index is 1460. The number of sulfonamides is 1. The predicted molar refractivity (Wildman–Crippen MR) is 130 cm³/mol. The highest BCUT2D eigenvalue weighted by Crippen LogP contribution is 2.38. The Morgan fingerprint density at radius 1 is 1.08 bits per heavy atom. The van der Waals surface area contributed by atoms with Crippen molar-refractivity contribution < 1.29 is 22.3 Å². The van der Waals surface area contributed by atoms with E-state index in [0.29, 0.717) is 27.8 Å². The van der Waals surface area contributed by atoms with Crippen LogP contribution in [0.1, 0.15) is 12.7 Å². The van der Waals surface area contributed by atoms with Gasteiger partial charge < -0.3 is 9.47 Å². The number of nitrogens with zero attached hydrogens (tertiary/aromatic N) is 6. The smallest absolute Gasteiger partial charge is 0.243 e. The highest BCUT2D eigenvalue weighted by Gasteiger charge is 2.28. The Morgan fingerprint density at radius 2 is 1.75 bits per heavy atom. The van der Waals surface area contributed by atoms with Crippen molar-refractivity contribution in [3.05, 3.63) is 65.7 Å². The topological polar surface area (TPSA) is 134 Å². The van der Waals surface area contributed by atoms with E-state index in [0.717, 1.165) is 12.4 Å². The van der Waals surface area contributed by atoms with Crippen LogP contribution < -0.4 is 14.2 Å². The molecule has 1 unspecified atom stereocenters. The van der Waals surface area contributed by atoms with Gasteiger partial charge in [-0.15, -0.1) is 10.2 Å². The van der Waals surface area contributed by atoms with Gasteiger partial charge in [-0.2, -0.15) is 0 Å². The summed E-state index contributed by atoms with van der Waals surface area (Å²) in [6.45, 7) is 1.47. The molecule has 1 aromatic carbocycles. The first-order valence-corrected chi connectivity index (χ1v) is 12.4. The monoisotopic (exact) mass is 533 g/mol. The van der Waals surface area contributed by atoms with Crippen LogP contribution in [0, 0.1) is 5.82 Å². The van der Waals surface area contributed by atoms with E-state index < -0.39 is 21.1 Å². The fourth-order valence-electron chi connectivity index (χ4n) is 3.37. The zero-order valence-corrected chi connectivity index (χ0v) is 21.0. The Hall–Kier alpha value is -3.84. The standard InChI is InChI=1S/C22H21ClFN7O4S/c1-13(7-19-26-11-16(24)12-27-19)36(32,33)30-22-29-28-21(14-8-15(23)10-25-9-14)31(22)20-17(34-2)5-4-6-18(20)35-3/h4-6,8-13H,7H2,1-3H3,(H,29,30). The lowest BCUT2D eigenvalue weighted by Crippen LogP contribution is -2.29. The van der Waals surface area contributed by atoms with E-state index in [4.69, 9.17) is 21.1 Å². The molecule has 0 saturated carbocycles. The Labute approximate surface area is 211 Å². The van der Waals surface area contributed by atoms with Crippen LogP contribution in [0.5, 0.6) is 11.5 Å². The summed E-state index contributed by atoms with van der Waals surface area (Å²) in [5, 5.41) is 7.65. The number of methoxy groups -OCH3 is 2. The maximum absolute atomic E-state index is 13.2. The summed E-state index contributed by atoms with van der Waals surface area (Å²) in [4.78, 5) is 11.8.